The first-order valence-electron chi connectivity index (χ1n) is 4.29. The van der Waals surface area contributed by atoms with Crippen LogP contribution in [0.15, 0.2) is 12.7 Å². The van der Waals surface area contributed by atoms with Gasteiger partial charge in [-0.2, -0.15) is 0 Å². The van der Waals surface area contributed by atoms with Crippen molar-refractivity contribution in [2.24, 2.45) is 5.92 Å². The van der Waals surface area contributed by atoms with E-state index >= 15 is 0 Å². The predicted octanol–water partition coefficient (Wildman–Crippen LogP) is 2.96. The molecule has 0 saturated heterocycles. The predicted molar refractivity (Wildman–Crippen MR) is 48.5 cm³/mol. The molecule has 0 aliphatic heterocycles. The molecule has 0 radical (unpaired) electrons. The lowest BCUT2D eigenvalue weighted by Crippen LogP contribution is -2.01. The van der Waals surface area contributed by atoms with Crippen molar-refractivity contribution < 1.29 is 4.79 Å². The summed E-state index contributed by atoms with van der Waals surface area (Å²) < 4.78 is 0. The van der Waals surface area contributed by atoms with Gasteiger partial charge in [-0.15, -0.1) is 6.58 Å². The Morgan fingerprint density at radius 1 is 1.55 bits per heavy atom. The highest BCUT2D eigenvalue weighted by Crippen LogP contribution is 2.05. The second kappa shape index (κ2) is 6.14. The summed E-state index contributed by atoms with van der Waals surface area (Å²) in [5.41, 5.74) is 0. The van der Waals surface area contributed by atoms with Gasteiger partial charge in [0.2, 0.25) is 0 Å². The Labute approximate surface area is 69.5 Å². The second-order valence-electron chi connectivity index (χ2n) is 3.32. The van der Waals surface area contributed by atoms with Gasteiger partial charge in [0.05, 0.1) is 0 Å². The lowest BCUT2D eigenvalue weighted by atomic mass is 10.0. The number of unbranched alkanes of at least 4 members (excludes halogenated alkanes) is 1. The van der Waals surface area contributed by atoms with Crippen LogP contribution < -0.4 is 0 Å². The van der Waals surface area contributed by atoms with Crippen molar-refractivity contribution in [2.75, 3.05) is 0 Å². The smallest absolute Gasteiger partial charge is 0.133 e. The third-order valence-electron chi connectivity index (χ3n) is 1.50. The summed E-state index contributed by atoms with van der Waals surface area (Å²) in [6.07, 6.45) is 5.25. The number of hydrogen-bond acceptors (Lipinski definition) is 1. The lowest BCUT2D eigenvalue weighted by molar-refractivity contribution is -0.119. The Balaban J connectivity index is 3.30. The molecule has 0 bridgehead atoms. The molecule has 0 aliphatic rings. The largest absolute Gasteiger partial charge is 0.300 e. The topological polar surface area (TPSA) is 17.1 Å². The van der Waals surface area contributed by atoms with Crippen molar-refractivity contribution in [3.05, 3.63) is 12.7 Å². The highest BCUT2D eigenvalue weighted by atomic mass is 16.1. The molecule has 0 fully saturated rings. The molecule has 0 spiro atoms. The van der Waals surface area contributed by atoms with E-state index in [1.807, 2.05) is 6.08 Å². The average Bonchev–Trinajstić information content (AvgIpc) is 1.86. The van der Waals surface area contributed by atoms with E-state index in [0.29, 0.717) is 11.7 Å². The van der Waals surface area contributed by atoms with E-state index in [4.69, 9.17) is 0 Å². The average molecular weight is 154 g/mol. The van der Waals surface area contributed by atoms with Gasteiger partial charge in [-0.1, -0.05) is 19.9 Å². The van der Waals surface area contributed by atoms with Crippen LogP contribution in [0.3, 0.4) is 0 Å². The van der Waals surface area contributed by atoms with E-state index in [1.165, 1.54) is 0 Å². The summed E-state index contributed by atoms with van der Waals surface area (Å²) >= 11 is 0. The highest BCUT2D eigenvalue weighted by Gasteiger charge is 2.03. The zero-order chi connectivity index (χ0) is 8.69. The Bertz CT molecular complexity index is 125. The van der Waals surface area contributed by atoms with Gasteiger partial charge in [-0.25, -0.2) is 0 Å². The molecule has 1 nitrogen and oxygen atoms in total. The van der Waals surface area contributed by atoms with Gasteiger partial charge < -0.3 is 0 Å². The van der Waals surface area contributed by atoms with Crippen LogP contribution >= 0.6 is 0 Å². The zero-order valence-corrected chi connectivity index (χ0v) is 7.60. The van der Waals surface area contributed by atoms with Crippen molar-refractivity contribution in [2.45, 2.75) is 39.5 Å². The maximum atomic E-state index is 11.1. The van der Waals surface area contributed by atoms with E-state index in [0.717, 1.165) is 25.7 Å². The first-order valence-corrected chi connectivity index (χ1v) is 4.29. The lowest BCUT2D eigenvalue weighted by Gasteiger charge is -2.01. The van der Waals surface area contributed by atoms with Crippen molar-refractivity contribution in [1.29, 1.82) is 0 Å². The molecule has 1 heteroatoms. The summed E-state index contributed by atoms with van der Waals surface area (Å²) in [5.74, 6) is 0.896. The van der Waals surface area contributed by atoms with Gasteiger partial charge in [-0.3, -0.25) is 4.79 Å². The van der Waals surface area contributed by atoms with Gasteiger partial charge in [-0.05, 0) is 18.8 Å². The molecule has 64 valence electrons. The van der Waals surface area contributed by atoms with Gasteiger partial charge in [0, 0.05) is 12.8 Å². The molecule has 0 rings (SSSR count). The third-order valence-corrected chi connectivity index (χ3v) is 1.50. The van der Waals surface area contributed by atoms with Gasteiger partial charge in [0.25, 0.3) is 0 Å². The molecule has 0 aromatic carbocycles. The van der Waals surface area contributed by atoms with E-state index in [-0.39, 0.29) is 0 Å². The summed E-state index contributed by atoms with van der Waals surface area (Å²) in [7, 11) is 0. The molecule has 0 saturated carbocycles. The molecule has 0 unspecified atom stereocenters. The summed E-state index contributed by atoms with van der Waals surface area (Å²) in [6.45, 7) is 7.76. The minimum Gasteiger partial charge on any atom is -0.300 e. The molecule has 0 N–H and O–H groups in total. The summed E-state index contributed by atoms with van der Waals surface area (Å²) in [5, 5.41) is 0. The van der Waals surface area contributed by atoms with Crippen molar-refractivity contribution in [3.63, 3.8) is 0 Å². The van der Waals surface area contributed by atoms with E-state index < -0.39 is 0 Å². The standard InChI is InChI=1S/C10H18O/c1-4-5-6-7-10(11)8-9(2)3/h4,9H,1,5-8H2,2-3H3. The third kappa shape index (κ3) is 7.31. The van der Waals surface area contributed by atoms with Crippen LogP contribution in [0.25, 0.3) is 0 Å². The quantitative estimate of drug-likeness (QED) is 0.424. The molecule has 0 aliphatic carbocycles. The summed E-state index contributed by atoms with van der Waals surface area (Å²) in [4.78, 5) is 11.1. The normalized spacial score (nSPS) is 10.1. The fourth-order valence-corrected chi connectivity index (χ4v) is 1.00. The van der Waals surface area contributed by atoms with Crippen LogP contribution in [0.5, 0.6) is 0 Å². The van der Waals surface area contributed by atoms with E-state index in [9.17, 15) is 4.79 Å². The molecule has 11 heavy (non-hydrogen) atoms. The van der Waals surface area contributed by atoms with E-state index in [1.54, 1.807) is 0 Å². The van der Waals surface area contributed by atoms with Crippen molar-refractivity contribution in [1.82, 2.24) is 0 Å². The number of ketones is 1. The van der Waals surface area contributed by atoms with Crippen LogP contribution in [0.4, 0.5) is 0 Å². The highest BCUT2D eigenvalue weighted by molar-refractivity contribution is 5.78. The summed E-state index contributed by atoms with van der Waals surface area (Å²) in [6, 6.07) is 0. The van der Waals surface area contributed by atoms with Gasteiger partial charge in [0.15, 0.2) is 0 Å². The Hall–Kier alpha value is -0.590. The minimum absolute atomic E-state index is 0.391. The number of allylic oxidation sites excluding steroid dienone is 1. The number of carbonyl (C=O) groups excluding carboxylic acids is 1. The Kier molecular flexibility index (Phi) is 5.81. The first-order chi connectivity index (χ1) is 5.16. The molecule has 0 heterocycles. The monoisotopic (exact) mass is 154 g/mol. The molecule has 0 atom stereocenters. The first kappa shape index (κ1) is 10.4. The van der Waals surface area contributed by atoms with Gasteiger partial charge >= 0.3 is 0 Å². The Morgan fingerprint density at radius 2 is 2.18 bits per heavy atom. The van der Waals surface area contributed by atoms with Crippen LogP contribution in [-0.4, -0.2) is 5.78 Å². The fraction of sp³-hybridized carbons (Fsp3) is 0.700. The maximum Gasteiger partial charge on any atom is 0.133 e. The van der Waals surface area contributed by atoms with Crippen LogP contribution in [-0.2, 0) is 4.79 Å². The van der Waals surface area contributed by atoms with Crippen molar-refractivity contribution in [3.8, 4) is 0 Å². The molecular weight excluding hydrogens is 136 g/mol. The Morgan fingerprint density at radius 3 is 2.64 bits per heavy atom. The minimum atomic E-state index is 0.391. The van der Waals surface area contributed by atoms with E-state index in [2.05, 4.69) is 20.4 Å². The van der Waals surface area contributed by atoms with Crippen molar-refractivity contribution >= 4 is 5.78 Å². The molecule has 0 aromatic rings. The van der Waals surface area contributed by atoms with Crippen LogP contribution in [0.2, 0.25) is 0 Å². The number of hydrogen-bond donors (Lipinski definition) is 0. The number of rotatable bonds is 6. The number of Topliss-reactive ketones (excluding diaryl/α,β-unsaturated/α-hetero) is 1. The van der Waals surface area contributed by atoms with Crippen LogP contribution in [0.1, 0.15) is 39.5 Å². The SMILES string of the molecule is C=CCCCC(=O)CC(C)C. The molecule has 0 amide bonds. The fourth-order valence-electron chi connectivity index (χ4n) is 1.00. The second-order valence-corrected chi connectivity index (χ2v) is 3.32. The zero-order valence-electron chi connectivity index (χ0n) is 7.60. The maximum absolute atomic E-state index is 11.1. The molecule has 0 aromatic heterocycles. The van der Waals surface area contributed by atoms with Gasteiger partial charge in [0.1, 0.15) is 5.78 Å². The molecular formula is C10H18O. The van der Waals surface area contributed by atoms with Crippen LogP contribution in [0, 0.1) is 5.92 Å². The number of carbonyl (C=O) groups is 1.